The summed E-state index contributed by atoms with van der Waals surface area (Å²) in [6.07, 6.45) is 1.59. The van der Waals surface area contributed by atoms with Crippen LogP contribution in [0.3, 0.4) is 0 Å². The van der Waals surface area contributed by atoms with Gasteiger partial charge in [-0.05, 0) is 24.3 Å². The van der Waals surface area contributed by atoms with E-state index in [1.54, 1.807) is 0 Å². The highest BCUT2D eigenvalue weighted by Crippen LogP contribution is 2.32. The van der Waals surface area contributed by atoms with Gasteiger partial charge in [-0.2, -0.15) is 0 Å². The summed E-state index contributed by atoms with van der Waals surface area (Å²) in [5.74, 6) is -0.997. The van der Waals surface area contributed by atoms with Gasteiger partial charge in [0.25, 0.3) is 5.69 Å². The summed E-state index contributed by atoms with van der Waals surface area (Å²) < 4.78 is 0. The summed E-state index contributed by atoms with van der Waals surface area (Å²) in [6, 6.07) is 4.16. The average Bonchev–Trinajstić information content (AvgIpc) is 3.22. The van der Waals surface area contributed by atoms with Crippen LogP contribution in [0.1, 0.15) is 28.8 Å². The van der Waals surface area contributed by atoms with Crippen LogP contribution in [0.15, 0.2) is 18.2 Å². The number of carboxylic acids is 1. The third-order valence-electron chi connectivity index (χ3n) is 3.37. The van der Waals surface area contributed by atoms with E-state index in [9.17, 15) is 20.0 Å². The Hall–Kier alpha value is -1.99. The van der Waals surface area contributed by atoms with Crippen molar-refractivity contribution in [3.8, 4) is 0 Å². The minimum Gasteiger partial charge on any atom is -0.477 e. The zero-order valence-electron chi connectivity index (χ0n) is 10.8. The number of carbonyl (C=O) groups is 1. The first-order valence-corrected chi connectivity index (χ1v) is 6.39. The lowest BCUT2D eigenvalue weighted by atomic mass is 10.1. The summed E-state index contributed by atoms with van der Waals surface area (Å²) in [6.45, 7) is 0.527. The zero-order valence-corrected chi connectivity index (χ0v) is 10.8. The lowest BCUT2D eigenvalue weighted by molar-refractivity contribution is -0.385. The normalized spacial score (nSPS) is 15.8. The number of hydrogen-bond donors (Lipinski definition) is 3. The van der Waals surface area contributed by atoms with Crippen LogP contribution in [0.5, 0.6) is 0 Å². The Balaban J connectivity index is 2.07. The molecular formula is C13H16N2O5. The number of carboxylic acid groups (broad SMARTS) is 1. The molecule has 3 N–H and O–H groups in total. The second kappa shape index (κ2) is 5.98. The second-order valence-corrected chi connectivity index (χ2v) is 4.91. The molecule has 0 bridgehead atoms. The third-order valence-corrected chi connectivity index (χ3v) is 3.37. The summed E-state index contributed by atoms with van der Waals surface area (Å²) in [4.78, 5) is 21.3. The Labute approximate surface area is 115 Å². The van der Waals surface area contributed by atoms with Gasteiger partial charge in [0, 0.05) is 19.2 Å². The third kappa shape index (κ3) is 3.31. The summed E-state index contributed by atoms with van der Waals surface area (Å²) in [5.41, 5.74) is -0.375. The highest BCUT2D eigenvalue weighted by molar-refractivity contribution is 5.94. The molecule has 1 aromatic rings. The van der Waals surface area contributed by atoms with Crippen LogP contribution in [-0.2, 0) is 6.54 Å². The fraction of sp³-hybridized carbons (Fsp3) is 0.462. The summed E-state index contributed by atoms with van der Waals surface area (Å²) in [5, 5.41) is 32.6. The first-order chi connectivity index (χ1) is 9.50. The Morgan fingerprint density at radius 1 is 1.50 bits per heavy atom. The molecule has 1 atom stereocenters. The number of aliphatic hydroxyl groups excluding tert-OH is 1. The van der Waals surface area contributed by atoms with Gasteiger partial charge < -0.3 is 15.5 Å². The number of rotatable bonds is 7. The van der Waals surface area contributed by atoms with Crippen molar-refractivity contribution in [1.82, 2.24) is 5.32 Å². The van der Waals surface area contributed by atoms with Gasteiger partial charge in [-0.3, -0.25) is 10.1 Å². The van der Waals surface area contributed by atoms with Crippen LogP contribution in [0, 0.1) is 16.0 Å². The van der Waals surface area contributed by atoms with E-state index in [0.29, 0.717) is 18.0 Å². The van der Waals surface area contributed by atoms with E-state index in [1.165, 1.54) is 18.2 Å². The van der Waals surface area contributed by atoms with Gasteiger partial charge in [0.1, 0.15) is 5.56 Å². The van der Waals surface area contributed by atoms with Gasteiger partial charge in [0.15, 0.2) is 0 Å². The van der Waals surface area contributed by atoms with Crippen molar-refractivity contribution >= 4 is 11.7 Å². The number of nitrogens with zero attached hydrogens (tertiary/aromatic N) is 1. The molecule has 0 heterocycles. The topological polar surface area (TPSA) is 113 Å². The molecule has 0 saturated heterocycles. The smallest absolute Gasteiger partial charge is 0.343 e. The number of aromatic carboxylic acids is 1. The van der Waals surface area contributed by atoms with Gasteiger partial charge in [-0.15, -0.1) is 0 Å². The molecule has 0 spiro atoms. The summed E-state index contributed by atoms with van der Waals surface area (Å²) in [7, 11) is 0. The monoisotopic (exact) mass is 280 g/mol. The Kier molecular flexibility index (Phi) is 4.31. The predicted molar refractivity (Wildman–Crippen MR) is 70.5 cm³/mol. The van der Waals surface area contributed by atoms with E-state index < -0.39 is 22.7 Å². The quantitative estimate of drug-likeness (QED) is 0.510. The van der Waals surface area contributed by atoms with Crippen LogP contribution in [0.25, 0.3) is 0 Å². The van der Waals surface area contributed by atoms with Crippen molar-refractivity contribution in [2.75, 3.05) is 6.54 Å². The van der Waals surface area contributed by atoms with E-state index in [1.807, 2.05) is 0 Å². The molecule has 0 aliphatic heterocycles. The fourth-order valence-electron chi connectivity index (χ4n) is 2.14. The molecule has 1 aliphatic rings. The number of nitro benzene ring substituents is 1. The minimum atomic E-state index is -1.32. The maximum atomic E-state index is 11.2. The number of aliphatic hydroxyl groups is 1. The number of benzene rings is 1. The van der Waals surface area contributed by atoms with Crippen molar-refractivity contribution < 1.29 is 19.9 Å². The van der Waals surface area contributed by atoms with Gasteiger partial charge in [0.2, 0.25) is 0 Å². The van der Waals surface area contributed by atoms with Crippen molar-refractivity contribution in [2.24, 2.45) is 5.92 Å². The zero-order chi connectivity index (χ0) is 14.7. The lowest BCUT2D eigenvalue weighted by Gasteiger charge is -2.12. The second-order valence-electron chi connectivity index (χ2n) is 4.91. The fourth-order valence-corrected chi connectivity index (χ4v) is 2.14. The molecule has 7 heteroatoms. The minimum absolute atomic E-state index is 0.174. The SMILES string of the molecule is O=C(O)c1c(CNCC(O)C2CC2)cccc1[N+](=O)[O-]. The van der Waals surface area contributed by atoms with Crippen molar-refractivity contribution in [1.29, 1.82) is 0 Å². The van der Waals surface area contributed by atoms with Gasteiger partial charge >= 0.3 is 5.97 Å². The molecule has 0 aromatic heterocycles. The number of hydrogen-bond acceptors (Lipinski definition) is 5. The van der Waals surface area contributed by atoms with Crippen molar-refractivity contribution in [2.45, 2.75) is 25.5 Å². The Morgan fingerprint density at radius 2 is 2.20 bits per heavy atom. The largest absolute Gasteiger partial charge is 0.477 e. The van der Waals surface area contributed by atoms with Crippen LogP contribution in [-0.4, -0.2) is 33.8 Å². The highest BCUT2D eigenvalue weighted by atomic mass is 16.6. The predicted octanol–water partition coefficient (Wildman–Crippen LogP) is 1.15. The molecule has 1 saturated carbocycles. The Bertz CT molecular complexity index is 527. The highest BCUT2D eigenvalue weighted by Gasteiger charge is 2.29. The molecule has 1 aromatic carbocycles. The van der Waals surface area contributed by atoms with Gasteiger partial charge in [0.05, 0.1) is 11.0 Å². The maximum absolute atomic E-state index is 11.2. The maximum Gasteiger partial charge on any atom is 0.343 e. The molecule has 1 fully saturated rings. The van der Waals surface area contributed by atoms with Gasteiger partial charge in [-0.25, -0.2) is 4.79 Å². The lowest BCUT2D eigenvalue weighted by Crippen LogP contribution is -2.28. The molecule has 1 unspecified atom stereocenters. The van der Waals surface area contributed by atoms with E-state index in [2.05, 4.69) is 5.32 Å². The van der Waals surface area contributed by atoms with Gasteiger partial charge in [-0.1, -0.05) is 12.1 Å². The average molecular weight is 280 g/mol. The molecule has 108 valence electrons. The number of nitro groups is 1. The first-order valence-electron chi connectivity index (χ1n) is 6.39. The molecule has 0 amide bonds. The van der Waals surface area contributed by atoms with Crippen molar-refractivity contribution in [3.05, 3.63) is 39.4 Å². The van der Waals surface area contributed by atoms with Crippen molar-refractivity contribution in [3.63, 3.8) is 0 Å². The van der Waals surface area contributed by atoms with E-state index >= 15 is 0 Å². The molecule has 2 rings (SSSR count). The number of nitrogens with one attached hydrogen (secondary N) is 1. The Morgan fingerprint density at radius 3 is 2.75 bits per heavy atom. The molecule has 20 heavy (non-hydrogen) atoms. The summed E-state index contributed by atoms with van der Waals surface area (Å²) >= 11 is 0. The molecule has 0 radical (unpaired) electrons. The molecule has 7 nitrogen and oxygen atoms in total. The van der Waals surface area contributed by atoms with E-state index in [0.717, 1.165) is 12.8 Å². The van der Waals surface area contributed by atoms with Crippen LogP contribution in [0.2, 0.25) is 0 Å². The van der Waals surface area contributed by atoms with Crippen LogP contribution >= 0.6 is 0 Å². The van der Waals surface area contributed by atoms with E-state index in [-0.39, 0.29) is 12.1 Å². The van der Waals surface area contributed by atoms with E-state index in [4.69, 9.17) is 5.11 Å². The molecular weight excluding hydrogens is 264 g/mol. The molecule has 1 aliphatic carbocycles. The van der Waals surface area contributed by atoms with Crippen LogP contribution < -0.4 is 5.32 Å². The first kappa shape index (κ1) is 14.4. The van der Waals surface area contributed by atoms with Crippen LogP contribution in [0.4, 0.5) is 5.69 Å². The standard InChI is InChI=1S/C13H16N2O5/c16-11(8-4-5-8)7-14-6-9-2-1-3-10(15(19)20)12(9)13(17)18/h1-3,8,11,14,16H,4-7H2,(H,17,18).